The molecule has 1 unspecified atom stereocenters. The molecule has 0 bridgehead atoms. The van der Waals surface area contributed by atoms with Crippen molar-refractivity contribution in [1.82, 2.24) is 40.4 Å². The van der Waals surface area contributed by atoms with Gasteiger partial charge in [0, 0.05) is 17.6 Å². The minimum Gasteiger partial charge on any atom is -0.483 e. The van der Waals surface area contributed by atoms with E-state index in [9.17, 15) is 14.4 Å². The molecule has 4 heterocycles. The van der Waals surface area contributed by atoms with Gasteiger partial charge in [-0.1, -0.05) is 76.2 Å². The molecule has 4 N–H and O–H groups in total. The highest BCUT2D eigenvalue weighted by molar-refractivity contribution is 5.87. The number of rotatable bonds is 13. The summed E-state index contributed by atoms with van der Waals surface area (Å²) in [6.07, 6.45) is 4.15. The van der Waals surface area contributed by atoms with Crippen molar-refractivity contribution >= 4 is 17.9 Å². The molecule has 14 heteroatoms. The number of nitrogens with zero attached hydrogens (tertiary/aromatic N) is 4. The standard InChI is InChI=1S/C43H55FN8O5/c1-23(2)35(46-27(7)56-8)41(53)52-26(6)11-21-34(52)40-48-37(38(44)50-40)31-18-14-29(15-19-31)28-12-16-30(17-13-28)32-22-45-39(47-32)33-20-10-25(5)51(33)42(54)36(24(3)4)49-43(55)57-9/h12-19,22-26,33-36,46H,7,10-11,20-21H2,1-6,8-9H3,(H,45,47)(H,48,50)(H,49,55)/t25-,26-,33-,34-,35?,36-/m0/s1. The number of amides is 3. The zero-order valence-corrected chi connectivity index (χ0v) is 34.1. The highest BCUT2D eigenvalue weighted by Gasteiger charge is 2.42. The molecule has 2 saturated heterocycles. The van der Waals surface area contributed by atoms with E-state index in [4.69, 9.17) is 14.5 Å². The first-order chi connectivity index (χ1) is 27.2. The molecule has 2 aromatic carbocycles. The molecule has 0 spiro atoms. The van der Waals surface area contributed by atoms with Crippen LogP contribution in [0.25, 0.3) is 33.6 Å². The molecule has 0 aliphatic carbocycles. The Labute approximate surface area is 333 Å². The summed E-state index contributed by atoms with van der Waals surface area (Å²) in [5.74, 6) is 0.466. The molecule has 4 aromatic rings. The minimum atomic E-state index is -0.717. The van der Waals surface area contributed by atoms with Gasteiger partial charge in [0.25, 0.3) is 0 Å². The van der Waals surface area contributed by atoms with Gasteiger partial charge in [-0.3, -0.25) is 9.59 Å². The van der Waals surface area contributed by atoms with E-state index in [0.717, 1.165) is 41.6 Å². The Balaban J connectivity index is 1.15. The van der Waals surface area contributed by atoms with Crippen molar-refractivity contribution in [2.75, 3.05) is 14.2 Å². The third kappa shape index (κ3) is 8.54. The molecule has 6 rings (SSSR count). The van der Waals surface area contributed by atoms with Gasteiger partial charge in [0.1, 0.15) is 29.4 Å². The van der Waals surface area contributed by atoms with Crippen molar-refractivity contribution in [2.45, 2.75) is 103 Å². The van der Waals surface area contributed by atoms with Gasteiger partial charge in [-0.2, -0.15) is 4.39 Å². The van der Waals surface area contributed by atoms with Crippen molar-refractivity contribution in [3.8, 4) is 33.6 Å². The van der Waals surface area contributed by atoms with Gasteiger partial charge in [-0.15, -0.1) is 0 Å². The molecule has 2 fully saturated rings. The topological polar surface area (TPSA) is 158 Å². The third-order valence-corrected chi connectivity index (χ3v) is 11.3. The number of nitrogens with one attached hydrogen (secondary N) is 4. The molecule has 2 aromatic heterocycles. The fourth-order valence-electron chi connectivity index (χ4n) is 8.05. The maximum absolute atomic E-state index is 15.5. The lowest BCUT2D eigenvalue weighted by atomic mass is 10.0. The Kier molecular flexibility index (Phi) is 12.4. The Hall–Kier alpha value is -5.66. The Morgan fingerprint density at radius 1 is 0.737 bits per heavy atom. The summed E-state index contributed by atoms with van der Waals surface area (Å²) in [6, 6.07) is 13.7. The molecular weight excluding hydrogens is 728 g/mol. The first-order valence-corrected chi connectivity index (χ1v) is 19.7. The van der Waals surface area contributed by atoms with Crippen molar-refractivity contribution in [2.24, 2.45) is 11.8 Å². The van der Waals surface area contributed by atoms with Crippen LogP contribution in [0.3, 0.4) is 0 Å². The number of aromatic amines is 2. The highest BCUT2D eigenvalue weighted by Crippen LogP contribution is 2.39. The van der Waals surface area contributed by atoms with Crippen LogP contribution in [0.1, 0.15) is 91.0 Å². The second-order valence-corrected chi connectivity index (χ2v) is 15.8. The lowest BCUT2D eigenvalue weighted by molar-refractivity contribution is -0.138. The van der Waals surface area contributed by atoms with Crippen molar-refractivity contribution in [3.63, 3.8) is 0 Å². The van der Waals surface area contributed by atoms with Crippen LogP contribution < -0.4 is 10.6 Å². The number of H-pyrrole nitrogens is 2. The van der Waals surface area contributed by atoms with Gasteiger partial charge in [-0.25, -0.2) is 14.8 Å². The Morgan fingerprint density at radius 3 is 1.74 bits per heavy atom. The number of methoxy groups -OCH3 is 2. The smallest absolute Gasteiger partial charge is 0.407 e. The highest BCUT2D eigenvalue weighted by atomic mass is 19.1. The molecule has 57 heavy (non-hydrogen) atoms. The quantitative estimate of drug-likeness (QED) is 0.102. The number of ether oxygens (including phenoxy) is 2. The Morgan fingerprint density at radius 2 is 1.23 bits per heavy atom. The third-order valence-electron chi connectivity index (χ3n) is 11.3. The predicted molar refractivity (Wildman–Crippen MR) is 216 cm³/mol. The fraction of sp³-hybridized carbons (Fsp3) is 0.465. The lowest BCUT2D eigenvalue weighted by Gasteiger charge is -2.33. The van der Waals surface area contributed by atoms with Crippen molar-refractivity contribution in [1.29, 1.82) is 0 Å². The second-order valence-electron chi connectivity index (χ2n) is 15.8. The minimum absolute atomic E-state index is 0.0144. The molecule has 2 aliphatic heterocycles. The molecule has 0 saturated carbocycles. The fourth-order valence-corrected chi connectivity index (χ4v) is 8.05. The van der Waals surface area contributed by atoms with Crippen LogP contribution in [-0.2, 0) is 19.1 Å². The Bertz CT molecular complexity index is 2060. The number of halogens is 1. The molecule has 3 amide bonds. The van der Waals surface area contributed by atoms with Gasteiger partial charge in [-0.05, 0) is 74.6 Å². The number of aromatic nitrogens is 4. The van der Waals surface area contributed by atoms with Crippen LogP contribution in [-0.4, -0.2) is 86.0 Å². The largest absolute Gasteiger partial charge is 0.483 e. The van der Waals surface area contributed by atoms with Crippen LogP contribution in [0.4, 0.5) is 9.18 Å². The number of carbonyl (C=O) groups is 3. The maximum Gasteiger partial charge on any atom is 0.407 e. The number of hydrogen-bond acceptors (Lipinski definition) is 8. The SMILES string of the molecule is C=C(NC(C(=O)N1[C@@H](C)CC[C@H]1c1nc(-c2ccc(-c3ccc(-c4cnc([C@@H]5CC[C@H](C)N5C(=O)[C@@H](NC(=O)OC)C(C)C)[nH]4)cc3)cc2)c(F)[nH]1)C(C)C)OC. The first-order valence-electron chi connectivity index (χ1n) is 19.7. The van der Waals surface area contributed by atoms with E-state index >= 15 is 4.39 Å². The summed E-state index contributed by atoms with van der Waals surface area (Å²) in [5, 5.41) is 5.80. The second kappa shape index (κ2) is 17.2. The van der Waals surface area contributed by atoms with E-state index in [2.05, 4.69) is 32.2 Å². The number of imidazole rings is 2. The number of likely N-dealkylation sites (tertiary alicyclic amines) is 2. The lowest BCUT2D eigenvalue weighted by Crippen LogP contribution is -2.52. The van der Waals surface area contributed by atoms with E-state index in [0.29, 0.717) is 29.5 Å². The van der Waals surface area contributed by atoms with Crippen LogP contribution in [0, 0.1) is 17.8 Å². The zero-order chi connectivity index (χ0) is 41.1. The average Bonchev–Trinajstić information content (AvgIpc) is 4.01. The summed E-state index contributed by atoms with van der Waals surface area (Å²) in [4.78, 5) is 58.9. The molecule has 2 aliphatic rings. The van der Waals surface area contributed by atoms with E-state index in [1.165, 1.54) is 14.2 Å². The van der Waals surface area contributed by atoms with Crippen LogP contribution >= 0.6 is 0 Å². The van der Waals surface area contributed by atoms with Crippen LogP contribution in [0.5, 0.6) is 0 Å². The van der Waals surface area contributed by atoms with E-state index in [1.807, 2.05) is 95.0 Å². The molecular formula is C43H55FN8O5. The summed E-state index contributed by atoms with van der Waals surface area (Å²) in [7, 11) is 2.79. The summed E-state index contributed by atoms with van der Waals surface area (Å²) in [5.41, 5.74) is 4.52. The number of benzene rings is 2. The summed E-state index contributed by atoms with van der Waals surface area (Å²) < 4.78 is 25.5. The van der Waals surface area contributed by atoms with Gasteiger partial charge in [0.2, 0.25) is 17.8 Å². The number of carbonyl (C=O) groups excluding carboxylic acids is 3. The van der Waals surface area contributed by atoms with Crippen LogP contribution in [0.2, 0.25) is 0 Å². The number of alkyl carbamates (subject to hydrolysis) is 1. The van der Waals surface area contributed by atoms with Crippen LogP contribution in [0.15, 0.2) is 67.2 Å². The predicted octanol–water partition coefficient (Wildman–Crippen LogP) is 7.49. The van der Waals surface area contributed by atoms with E-state index < -0.39 is 30.2 Å². The van der Waals surface area contributed by atoms with Gasteiger partial charge in [0.05, 0.1) is 38.2 Å². The molecule has 13 nitrogen and oxygen atoms in total. The monoisotopic (exact) mass is 782 g/mol. The van der Waals surface area contributed by atoms with Gasteiger partial charge < -0.3 is 39.9 Å². The summed E-state index contributed by atoms with van der Waals surface area (Å²) in [6.45, 7) is 15.6. The molecule has 0 radical (unpaired) electrons. The van der Waals surface area contributed by atoms with Crippen molar-refractivity contribution < 1.29 is 28.2 Å². The normalized spacial score (nSPS) is 20.5. The molecule has 6 atom stereocenters. The average molecular weight is 783 g/mol. The zero-order valence-electron chi connectivity index (χ0n) is 34.1. The van der Waals surface area contributed by atoms with Gasteiger partial charge in [0.15, 0.2) is 5.88 Å². The molecule has 304 valence electrons. The first kappa shape index (κ1) is 41.0. The van der Waals surface area contributed by atoms with Crippen molar-refractivity contribution in [3.05, 3.63) is 84.8 Å². The maximum atomic E-state index is 15.5. The van der Waals surface area contributed by atoms with E-state index in [1.54, 1.807) is 11.1 Å². The summed E-state index contributed by atoms with van der Waals surface area (Å²) >= 11 is 0. The van der Waals surface area contributed by atoms with Gasteiger partial charge >= 0.3 is 6.09 Å². The van der Waals surface area contributed by atoms with E-state index in [-0.39, 0.29) is 47.5 Å². The number of hydrogen-bond donors (Lipinski definition) is 4.